The number of aromatic amines is 1. The molecule has 31 heavy (non-hydrogen) atoms. The Kier molecular flexibility index (Phi) is 4.73. The number of rotatable bonds is 4. The summed E-state index contributed by atoms with van der Waals surface area (Å²) >= 11 is 0. The molecule has 4 heterocycles. The fourth-order valence-corrected chi connectivity index (χ4v) is 3.81. The molecular weight excluding hydrogens is 400 g/mol. The molecule has 0 aliphatic carbocycles. The average molecular weight is 420 g/mol. The number of amides is 2. The van der Waals surface area contributed by atoms with Gasteiger partial charge in [0.25, 0.3) is 5.91 Å². The summed E-state index contributed by atoms with van der Waals surface area (Å²) in [5.41, 5.74) is 2.20. The van der Waals surface area contributed by atoms with Crippen molar-refractivity contribution >= 4 is 23.0 Å². The van der Waals surface area contributed by atoms with Crippen LogP contribution in [0.5, 0.6) is 5.88 Å². The van der Waals surface area contributed by atoms with Gasteiger partial charge in [-0.1, -0.05) is 18.2 Å². The van der Waals surface area contributed by atoms with Crippen molar-refractivity contribution < 1.29 is 19.4 Å². The zero-order valence-electron chi connectivity index (χ0n) is 16.5. The van der Waals surface area contributed by atoms with E-state index in [4.69, 9.17) is 4.74 Å². The van der Waals surface area contributed by atoms with Crippen LogP contribution >= 0.6 is 0 Å². The maximum Gasteiger partial charge on any atom is 0.411 e. The van der Waals surface area contributed by atoms with Crippen LogP contribution < -0.4 is 4.74 Å². The van der Waals surface area contributed by atoms with Crippen LogP contribution in [0.1, 0.15) is 28.7 Å². The Bertz CT molecular complexity index is 1140. The van der Waals surface area contributed by atoms with Gasteiger partial charge in [0.2, 0.25) is 5.88 Å². The standard InChI is InChI=1S/C21H20N6O4/c28-20(18-24-15-5-1-2-6-16(15)25-18)27-11-14(12-27)31-19-17(22-7-8-23-19)13-4-3-9-26(10-13)21(29)30/h1-3,5-9,13-14H,4,10-12H2,(H,24,25)(H,29,30). The number of hydrogen-bond donors (Lipinski definition) is 2. The Morgan fingerprint density at radius 1 is 1.13 bits per heavy atom. The molecule has 1 saturated heterocycles. The highest BCUT2D eigenvalue weighted by Crippen LogP contribution is 2.30. The molecule has 10 nitrogen and oxygen atoms in total. The van der Waals surface area contributed by atoms with Gasteiger partial charge in [-0.3, -0.25) is 14.7 Å². The van der Waals surface area contributed by atoms with Crippen LogP contribution in [0.25, 0.3) is 11.0 Å². The van der Waals surface area contributed by atoms with Gasteiger partial charge in [-0.15, -0.1) is 0 Å². The topological polar surface area (TPSA) is 125 Å². The minimum atomic E-state index is -1.01. The highest BCUT2D eigenvalue weighted by Gasteiger charge is 2.35. The number of H-pyrrole nitrogens is 1. The van der Waals surface area contributed by atoms with Crippen molar-refractivity contribution in [3.63, 3.8) is 0 Å². The van der Waals surface area contributed by atoms with E-state index in [0.717, 1.165) is 11.0 Å². The van der Waals surface area contributed by atoms with Gasteiger partial charge in [-0.2, -0.15) is 0 Å². The smallest absolute Gasteiger partial charge is 0.411 e. The number of carbonyl (C=O) groups is 2. The van der Waals surface area contributed by atoms with Crippen molar-refractivity contribution in [2.45, 2.75) is 18.4 Å². The number of carbonyl (C=O) groups excluding carboxylic acids is 1. The lowest BCUT2D eigenvalue weighted by molar-refractivity contribution is 0.0144. The van der Waals surface area contributed by atoms with Crippen LogP contribution in [-0.4, -0.2) is 72.6 Å². The molecule has 2 aliphatic heterocycles. The van der Waals surface area contributed by atoms with Crippen molar-refractivity contribution in [1.29, 1.82) is 0 Å². The van der Waals surface area contributed by atoms with Crippen molar-refractivity contribution in [2.24, 2.45) is 0 Å². The molecular formula is C21H20N6O4. The number of hydrogen-bond acceptors (Lipinski definition) is 6. The number of fused-ring (bicyclic) bond motifs is 1. The molecule has 0 spiro atoms. The monoisotopic (exact) mass is 420 g/mol. The summed E-state index contributed by atoms with van der Waals surface area (Å²) in [4.78, 5) is 43.0. The second kappa shape index (κ2) is 7.71. The summed E-state index contributed by atoms with van der Waals surface area (Å²) in [6, 6.07) is 7.49. The fourth-order valence-electron chi connectivity index (χ4n) is 3.81. The van der Waals surface area contributed by atoms with Crippen LogP contribution in [0, 0.1) is 0 Å². The second-order valence-electron chi connectivity index (χ2n) is 7.55. The van der Waals surface area contributed by atoms with E-state index in [1.807, 2.05) is 24.3 Å². The molecule has 1 aromatic carbocycles. The molecule has 0 bridgehead atoms. The Labute approximate surface area is 177 Å². The second-order valence-corrected chi connectivity index (χ2v) is 7.55. The number of aromatic nitrogens is 4. The number of likely N-dealkylation sites (tertiary alicyclic amines) is 1. The first-order valence-electron chi connectivity index (χ1n) is 9.96. The molecule has 5 rings (SSSR count). The van der Waals surface area contributed by atoms with E-state index in [1.54, 1.807) is 29.6 Å². The third-order valence-corrected chi connectivity index (χ3v) is 5.45. The minimum absolute atomic E-state index is 0.141. The van der Waals surface area contributed by atoms with E-state index in [9.17, 15) is 14.7 Å². The van der Waals surface area contributed by atoms with E-state index in [-0.39, 0.29) is 17.9 Å². The number of allylic oxidation sites excluding steroid dienone is 1. The molecule has 0 saturated carbocycles. The van der Waals surface area contributed by atoms with Crippen LogP contribution in [0.4, 0.5) is 4.79 Å². The van der Waals surface area contributed by atoms with E-state index >= 15 is 0 Å². The summed E-state index contributed by atoms with van der Waals surface area (Å²) < 4.78 is 6.02. The van der Waals surface area contributed by atoms with Crippen LogP contribution in [-0.2, 0) is 0 Å². The average Bonchev–Trinajstić information content (AvgIpc) is 3.20. The van der Waals surface area contributed by atoms with Gasteiger partial charge in [0.05, 0.1) is 24.1 Å². The van der Waals surface area contributed by atoms with Crippen molar-refractivity contribution in [2.75, 3.05) is 19.6 Å². The van der Waals surface area contributed by atoms with Crippen LogP contribution in [0.15, 0.2) is 48.9 Å². The number of nitrogens with one attached hydrogen (secondary N) is 1. The summed E-state index contributed by atoms with van der Waals surface area (Å²) in [6.07, 6.45) is 5.91. The molecule has 2 aromatic heterocycles. The van der Waals surface area contributed by atoms with Crippen molar-refractivity contribution in [1.82, 2.24) is 29.7 Å². The van der Waals surface area contributed by atoms with Gasteiger partial charge < -0.3 is 19.7 Å². The normalized spacial score (nSPS) is 18.8. The maximum atomic E-state index is 12.7. The fraction of sp³-hybridized carbons (Fsp3) is 0.286. The van der Waals surface area contributed by atoms with Gasteiger partial charge in [-0.05, 0) is 18.6 Å². The van der Waals surface area contributed by atoms with Crippen LogP contribution in [0.3, 0.4) is 0 Å². The van der Waals surface area contributed by atoms with Crippen LogP contribution in [0.2, 0.25) is 0 Å². The molecule has 158 valence electrons. The maximum absolute atomic E-state index is 12.7. The van der Waals surface area contributed by atoms with E-state index in [1.165, 1.54) is 4.90 Å². The molecule has 1 atom stereocenters. The van der Waals surface area contributed by atoms with E-state index in [0.29, 0.717) is 43.5 Å². The highest BCUT2D eigenvalue weighted by atomic mass is 16.5. The zero-order valence-corrected chi connectivity index (χ0v) is 16.5. The summed E-state index contributed by atoms with van der Waals surface area (Å²) in [6.45, 7) is 1.12. The minimum Gasteiger partial charge on any atom is -0.469 e. The van der Waals surface area contributed by atoms with E-state index in [2.05, 4.69) is 19.9 Å². The van der Waals surface area contributed by atoms with Gasteiger partial charge >= 0.3 is 6.09 Å². The summed E-state index contributed by atoms with van der Waals surface area (Å²) in [5.74, 6) is 0.375. The van der Waals surface area contributed by atoms with E-state index < -0.39 is 6.09 Å². The Balaban J connectivity index is 1.24. The molecule has 3 aromatic rings. The lowest BCUT2D eigenvalue weighted by Gasteiger charge is -2.38. The predicted molar refractivity (Wildman–Crippen MR) is 110 cm³/mol. The number of benzene rings is 1. The number of para-hydroxylation sites is 2. The molecule has 10 heteroatoms. The lowest BCUT2D eigenvalue weighted by Crippen LogP contribution is -2.56. The van der Waals surface area contributed by atoms with Gasteiger partial charge in [-0.25, -0.2) is 14.8 Å². The SMILES string of the molecule is O=C(O)N1C=CCC(c2nccnc2OC2CN(C(=O)c3nc4ccccc4[nH]3)C2)C1. The van der Waals surface area contributed by atoms with Crippen molar-refractivity contribution in [3.05, 3.63) is 60.5 Å². The molecule has 2 amide bonds. The molecule has 2 N–H and O–H groups in total. The largest absolute Gasteiger partial charge is 0.469 e. The van der Waals surface area contributed by atoms with Gasteiger partial charge in [0, 0.05) is 31.1 Å². The quantitative estimate of drug-likeness (QED) is 0.663. The summed E-state index contributed by atoms with van der Waals surface area (Å²) in [5, 5.41) is 9.25. The third kappa shape index (κ3) is 3.67. The predicted octanol–water partition coefficient (Wildman–Crippen LogP) is 2.24. The van der Waals surface area contributed by atoms with Gasteiger partial charge in [0.15, 0.2) is 5.82 Å². The number of imidazole rings is 1. The Morgan fingerprint density at radius 2 is 1.94 bits per heavy atom. The molecule has 1 fully saturated rings. The third-order valence-electron chi connectivity index (χ3n) is 5.45. The molecule has 2 aliphatic rings. The van der Waals surface area contributed by atoms with Crippen molar-refractivity contribution in [3.8, 4) is 5.88 Å². The first-order chi connectivity index (χ1) is 15.1. The highest BCUT2D eigenvalue weighted by molar-refractivity contribution is 5.94. The molecule has 1 unspecified atom stereocenters. The molecule has 0 radical (unpaired) electrons. The number of carboxylic acid groups (broad SMARTS) is 1. The number of nitrogens with zero attached hydrogens (tertiary/aromatic N) is 5. The Morgan fingerprint density at radius 3 is 2.74 bits per heavy atom. The first kappa shape index (κ1) is 19.0. The zero-order chi connectivity index (χ0) is 21.4. The first-order valence-corrected chi connectivity index (χ1v) is 9.96. The number of ether oxygens (including phenoxy) is 1. The summed E-state index contributed by atoms with van der Waals surface area (Å²) in [7, 11) is 0. The van der Waals surface area contributed by atoms with Gasteiger partial charge in [0.1, 0.15) is 11.8 Å². The lowest BCUT2D eigenvalue weighted by atomic mass is 9.98. The Hall–Kier alpha value is -3.95.